The van der Waals surface area contributed by atoms with E-state index in [-0.39, 0.29) is 0 Å². The molecular formula is C12H18N4O. The standard InChI is InChI=1S/C12H18N4O/c1-3-16-12(13-2)11(5-6-14-16)15-7-4-9-17-10-8-15/h3,5-6H,1,4,7-10H2,2H3. The lowest BCUT2D eigenvalue weighted by Gasteiger charge is -2.22. The van der Waals surface area contributed by atoms with Crippen LogP contribution < -0.4 is 10.4 Å². The first-order valence-electron chi connectivity index (χ1n) is 5.82. The van der Waals surface area contributed by atoms with Gasteiger partial charge >= 0.3 is 0 Å². The summed E-state index contributed by atoms with van der Waals surface area (Å²) in [7, 11) is 1.77. The Hall–Kier alpha value is -1.62. The van der Waals surface area contributed by atoms with Crippen molar-refractivity contribution in [2.24, 2.45) is 4.99 Å². The van der Waals surface area contributed by atoms with E-state index < -0.39 is 0 Å². The minimum atomic E-state index is 0.763. The average Bonchev–Trinajstić information content (AvgIpc) is 2.66. The maximum atomic E-state index is 5.46. The minimum Gasteiger partial charge on any atom is -0.380 e. The number of rotatable bonds is 2. The Bertz CT molecular complexity index is 444. The van der Waals surface area contributed by atoms with Gasteiger partial charge in [-0.3, -0.25) is 4.99 Å². The van der Waals surface area contributed by atoms with Gasteiger partial charge < -0.3 is 9.64 Å². The Morgan fingerprint density at radius 2 is 2.35 bits per heavy atom. The molecule has 1 aromatic heterocycles. The molecule has 0 bridgehead atoms. The van der Waals surface area contributed by atoms with E-state index in [9.17, 15) is 0 Å². The zero-order valence-electron chi connectivity index (χ0n) is 10.2. The summed E-state index contributed by atoms with van der Waals surface area (Å²) in [6, 6.07) is 1.99. The van der Waals surface area contributed by atoms with Gasteiger partial charge in [0.2, 0.25) is 0 Å². The molecule has 0 aromatic carbocycles. The van der Waals surface area contributed by atoms with Gasteiger partial charge in [0.25, 0.3) is 0 Å². The van der Waals surface area contributed by atoms with Crippen LogP contribution in [0.25, 0.3) is 6.20 Å². The molecule has 1 aromatic rings. The largest absolute Gasteiger partial charge is 0.380 e. The topological polar surface area (TPSA) is 42.7 Å². The molecule has 0 unspecified atom stereocenters. The third-order valence-corrected chi connectivity index (χ3v) is 2.82. The van der Waals surface area contributed by atoms with E-state index in [2.05, 4.69) is 21.6 Å². The third-order valence-electron chi connectivity index (χ3n) is 2.82. The lowest BCUT2D eigenvalue weighted by atomic mass is 10.3. The van der Waals surface area contributed by atoms with Gasteiger partial charge in [-0.15, -0.1) is 0 Å². The van der Waals surface area contributed by atoms with Gasteiger partial charge in [-0.2, -0.15) is 5.10 Å². The molecule has 92 valence electrons. The predicted molar refractivity (Wildman–Crippen MR) is 67.8 cm³/mol. The van der Waals surface area contributed by atoms with Crippen LogP contribution in [0.2, 0.25) is 0 Å². The van der Waals surface area contributed by atoms with Crippen LogP contribution in [0.1, 0.15) is 6.42 Å². The van der Waals surface area contributed by atoms with Crippen LogP contribution in [-0.2, 0) is 4.74 Å². The summed E-state index contributed by atoms with van der Waals surface area (Å²) in [4.78, 5) is 6.58. The highest BCUT2D eigenvalue weighted by Crippen LogP contribution is 2.09. The van der Waals surface area contributed by atoms with Gasteiger partial charge in [-0.25, -0.2) is 4.68 Å². The number of nitrogens with zero attached hydrogens (tertiary/aromatic N) is 4. The van der Waals surface area contributed by atoms with Crippen molar-refractivity contribution in [3.63, 3.8) is 0 Å². The molecule has 17 heavy (non-hydrogen) atoms. The van der Waals surface area contributed by atoms with Crippen LogP contribution in [-0.4, -0.2) is 43.1 Å². The first-order valence-corrected chi connectivity index (χ1v) is 5.82. The van der Waals surface area contributed by atoms with E-state index in [0.29, 0.717) is 0 Å². The van der Waals surface area contributed by atoms with Crippen LogP contribution in [0.4, 0.5) is 5.69 Å². The van der Waals surface area contributed by atoms with Crippen molar-refractivity contribution in [1.29, 1.82) is 0 Å². The first-order chi connectivity index (χ1) is 8.36. The van der Waals surface area contributed by atoms with Gasteiger partial charge in [0.1, 0.15) is 0 Å². The SMILES string of the molecule is C=Cn1nccc(N2CCCOCC2)c1=NC. The normalized spacial score (nSPS) is 17.9. The maximum Gasteiger partial charge on any atom is 0.172 e. The van der Waals surface area contributed by atoms with Crippen LogP contribution in [0, 0.1) is 0 Å². The molecule has 1 fully saturated rings. The van der Waals surface area contributed by atoms with Crippen molar-refractivity contribution in [2.75, 3.05) is 38.3 Å². The molecule has 0 N–H and O–H groups in total. The zero-order chi connectivity index (χ0) is 12.1. The second-order valence-electron chi connectivity index (χ2n) is 3.84. The van der Waals surface area contributed by atoms with Gasteiger partial charge in [0, 0.05) is 32.9 Å². The first kappa shape index (κ1) is 11.9. The van der Waals surface area contributed by atoms with E-state index in [4.69, 9.17) is 4.74 Å². The Morgan fingerprint density at radius 3 is 3.12 bits per heavy atom. The van der Waals surface area contributed by atoms with E-state index in [1.165, 1.54) is 0 Å². The summed E-state index contributed by atoms with van der Waals surface area (Å²) in [5.74, 6) is 0. The molecule has 0 radical (unpaired) electrons. The molecule has 1 aliphatic rings. The molecule has 2 rings (SSSR count). The number of ether oxygens (including phenoxy) is 1. The quantitative estimate of drug-likeness (QED) is 0.758. The lowest BCUT2D eigenvalue weighted by molar-refractivity contribution is 0.152. The summed E-state index contributed by atoms with van der Waals surface area (Å²) < 4.78 is 7.16. The Labute approximate surface area is 101 Å². The molecule has 0 amide bonds. The predicted octanol–water partition coefficient (Wildman–Crippen LogP) is 0.741. The van der Waals surface area contributed by atoms with Crippen LogP contribution in [0.3, 0.4) is 0 Å². The van der Waals surface area contributed by atoms with Gasteiger partial charge in [0.15, 0.2) is 5.49 Å². The fourth-order valence-corrected chi connectivity index (χ4v) is 2.01. The van der Waals surface area contributed by atoms with Crippen molar-refractivity contribution in [3.8, 4) is 0 Å². The Kier molecular flexibility index (Phi) is 3.93. The van der Waals surface area contributed by atoms with E-state index in [1.807, 2.05) is 6.07 Å². The summed E-state index contributed by atoms with van der Waals surface area (Å²) in [6.45, 7) is 7.22. The average molecular weight is 234 g/mol. The molecule has 1 aliphatic heterocycles. The maximum absolute atomic E-state index is 5.46. The highest BCUT2D eigenvalue weighted by atomic mass is 16.5. The molecule has 2 heterocycles. The molecule has 0 spiro atoms. The Balaban J connectivity index is 2.40. The van der Waals surface area contributed by atoms with Crippen molar-refractivity contribution in [3.05, 3.63) is 24.3 Å². The molecule has 1 saturated heterocycles. The summed E-state index contributed by atoms with van der Waals surface area (Å²) in [5, 5.41) is 4.19. The fraction of sp³-hybridized carbons (Fsp3) is 0.500. The van der Waals surface area contributed by atoms with Crippen molar-refractivity contribution in [2.45, 2.75) is 6.42 Å². The van der Waals surface area contributed by atoms with Crippen LogP contribution in [0.15, 0.2) is 23.8 Å². The molecule has 0 aliphatic carbocycles. The Morgan fingerprint density at radius 1 is 1.47 bits per heavy atom. The monoisotopic (exact) mass is 234 g/mol. The summed E-state index contributed by atoms with van der Waals surface area (Å²) in [5.41, 5.74) is 1.93. The highest BCUT2D eigenvalue weighted by Gasteiger charge is 2.12. The highest BCUT2D eigenvalue weighted by molar-refractivity contribution is 5.44. The second-order valence-corrected chi connectivity index (χ2v) is 3.84. The van der Waals surface area contributed by atoms with Gasteiger partial charge in [-0.05, 0) is 12.5 Å². The molecular weight excluding hydrogens is 216 g/mol. The van der Waals surface area contributed by atoms with Crippen LogP contribution >= 0.6 is 0 Å². The molecule has 5 heteroatoms. The van der Waals surface area contributed by atoms with Crippen LogP contribution in [0.5, 0.6) is 0 Å². The lowest BCUT2D eigenvalue weighted by Crippen LogP contribution is -2.34. The van der Waals surface area contributed by atoms with Crippen molar-refractivity contribution >= 4 is 11.9 Å². The molecule has 5 nitrogen and oxygen atoms in total. The third kappa shape index (κ3) is 2.55. The molecule has 0 atom stereocenters. The van der Waals surface area contributed by atoms with Crippen molar-refractivity contribution < 1.29 is 4.74 Å². The van der Waals surface area contributed by atoms with E-state index in [0.717, 1.165) is 43.9 Å². The fourth-order valence-electron chi connectivity index (χ4n) is 2.01. The smallest absolute Gasteiger partial charge is 0.172 e. The summed E-state index contributed by atoms with van der Waals surface area (Å²) in [6.07, 6.45) is 4.48. The number of aromatic nitrogens is 2. The number of hydrogen-bond donors (Lipinski definition) is 0. The second kappa shape index (κ2) is 5.63. The zero-order valence-corrected chi connectivity index (χ0v) is 10.2. The molecule has 0 saturated carbocycles. The summed E-state index contributed by atoms with van der Waals surface area (Å²) >= 11 is 0. The van der Waals surface area contributed by atoms with Gasteiger partial charge in [0.05, 0.1) is 18.5 Å². The van der Waals surface area contributed by atoms with E-state index in [1.54, 1.807) is 24.1 Å². The minimum absolute atomic E-state index is 0.763. The number of anilines is 1. The van der Waals surface area contributed by atoms with Crippen molar-refractivity contribution in [1.82, 2.24) is 9.78 Å². The number of hydrogen-bond acceptors (Lipinski definition) is 4. The van der Waals surface area contributed by atoms with Gasteiger partial charge in [-0.1, -0.05) is 6.58 Å². The van der Waals surface area contributed by atoms with E-state index >= 15 is 0 Å².